The number of halogens is 6. The number of allylic oxidation sites excluding steroid dienone is 2. The van der Waals surface area contributed by atoms with E-state index in [4.69, 9.17) is 0 Å². The van der Waals surface area contributed by atoms with Crippen molar-refractivity contribution >= 4 is 11.6 Å². The van der Waals surface area contributed by atoms with Gasteiger partial charge < -0.3 is 0 Å². The summed E-state index contributed by atoms with van der Waals surface area (Å²) in [6.45, 7) is 3.56. The van der Waals surface area contributed by atoms with Gasteiger partial charge in [-0.05, 0) is 26.3 Å². The van der Waals surface area contributed by atoms with Crippen LogP contribution in [0.5, 0.6) is 0 Å². The molecule has 19 heavy (non-hydrogen) atoms. The number of hydrogen-bond acceptors (Lipinski definition) is 2. The summed E-state index contributed by atoms with van der Waals surface area (Å²) < 4.78 is 74.5. The summed E-state index contributed by atoms with van der Waals surface area (Å²) in [6, 6.07) is 0. The Morgan fingerprint density at radius 1 is 0.947 bits per heavy atom. The summed E-state index contributed by atoms with van der Waals surface area (Å²) in [4.78, 5) is 21.3. The zero-order chi connectivity index (χ0) is 14.9. The van der Waals surface area contributed by atoms with E-state index >= 15 is 0 Å². The molecule has 0 saturated heterocycles. The average molecular weight is 340 g/mol. The van der Waals surface area contributed by atoms with Crippen LogP contribution in [0.25, 0.3) is 0 Å². The minimum atomic E-state index is -5.91. The topological polar surface area (TPSA) is 34.1 Å². The Labute approximate surface area is 115 Å². The molecule has 0 aliphatic heterocycles. The molecule has 0 N–H and O–H groups in total. The van der Waals surface area contributed by atoms with Gasteiger partial charge in [0.1, 0.15) is 0 Å². The summed E-state index contributed by atoms with van der Waals surface area (Å²) in [5, 5.41) is 0. The molecular weight excluding hydrogens is 330 g/mol. The maximum atomic E-state index is 13.3. The number of alkyl halides is 6. The van der Waals surface area contributed by atoms with Crippen LogP contribution >= 0.6 is 0 Å². The molecule has 0 saturated carbocycles. The molecule has 0 rings (SSSR count). The Kier molecular flexibility index (Phi) is 7.08. The van der Waals surface area contributed by atoms with E-state index in [1.54, 1.807) is 0 Å². The van der Waals surface area contributed by atoms with Crippen LogP contribution in [0.3, 0.4) is 0 Å². The standard InChI is InChI=1S/C10H10F6O2.Cu/c1-4(2)5(3)6(11)7(17)9(12,13)8(18)10(14,15)16;/h6H,1-3H3;. The van der Waals surface area contributed by atoms with Crippen molar-refractivity contribution in [2.24, 2.45) is 0 Å². The van der Waals surface area contributed by atoms with Crippen LogP contribution in [-0.4, -0.2) is 29.8 Å². The molecule has 0 aromatic heterocycles. The van der Waals surface area contributed by atoms with Crippen molar-refractivity contribution in [2.75, 3.05) is 0 Å². The monoisotopic (exact) mass is 339 g/mol. The third-order valence-corrected chi connectivity index (χ3v) is 2.25. The molecule has 1 radical (unpaired) electrons. The van der Waals surface area contributed by atoms with Gasteiger partial charge >= 0.3 is 17.9 Å². The predicted octanol–water partition coefficient (Wildman–Crippen LogP) is 3.01. The molecule has 0 aromatic rings. The molecule has 0 bridgehead atoms. The maximum Gasteiger partial charge on any atom is 0.456 e. The van der Waals surface area contributed by atoms with Crippen LogP contribution in [0, 0.1) is 0 Å². The van der Waals surface area contributed by atoms with E-state index < -0.39 is 35.4 Å². The van der Waals surface area contributed by atoms with Gasteiger partial charge in [-0.15, -0.1) is 0 Å². The molecule has 0 spiro atoms. The minimum Gasteiger partial charge on any atom is -0.289 e. The second-order valence-electron chi connectivity index (χ2n) is 3.81. The number of Topliss-reactive ketones (excluding diaryl/α,β-unsaturated/α-hetero) is 2. The number of ketones is 2. The van der Waals surface area contributed by atoms with Crippen molar-refractivity contribution in [3.63, 3.8) is 0 Å². The molecule has 1 unspecified atom stereocenters. The van der Waals surface area contributed by atoms with Crippen LogP contribution in [-0.2, 0) is 26.7 Å². The molecule has 0 fully saturated rings. The first kappa shape index (κ1) is 20.5. The van der Waals surface area contributed by atoms with Crippen molar-refractivity contribution in [1.29, 1.82) is 0 Å². The number of carbonyl (C=O) groups is 2. The van der Waals surface area contributed by atoms with E-state index in [1.165, 1.54) is 13.8 Å². The maximum absolute atomic E-state index is 13.3. The fourth-order valence-electron chi connectivity index (χ4n) is 0.899. The van der Waals surface area contributed by atoms with Crippen molar-refractivity contribution in [3.05, 3.63) is 11.1 Å². The number of hydrogen-bond donors (Lipinski definition) is 0. The summed E-state index contributed by atoms with van der Waals surface area (Å²) in [5.74, 6) is -11.7. The van der Waals surface area contributed by atoms with Crippen molar-refractivity contribution < 1.29 is 53.0 Å². The van der Waals surface area contributed by atoms with E-state index in [1.807, 2.05) is 0 Å². The first-order valence-electron chi connectivity index (χ1n) is 4.65. The van der Waals surface area contributed by atoms with E-state index in [0.717, 1.165) is 6.92 Å². The molecule has 0 aromatic carbocycles. The molecule has 0 heterocycles. The quantitative estimate of drug-likeness (QED) is 0.341. The normalized spacial score (nSPS) is 13.3. The van der Waals surface area contributed by atoms with Gasteiger partial charge in [0.25, 0.3) is 0 Å². The Morgan fingerprint density at radius 3 is 1.58 bits per heavy atom. The van der Waals surface area contributed by atoms with Crippen LogP contribution < -0.4 is 0 Å². The van der Waals surface area contributed by atoms with Gasteiger partial charge in [-0.3, -0.25) is 9.59 Å². The van der Waals surface area contributed by atoms with Crippen molar-refractivity contribution in [1.82, 2.24) is 0 Å². The minimum absolute atomic E-state index is 0. The Hall–Kier alpha value is -0.821. The van der Waals surface area contributed by atoms with Gasteiger partial charge in [-0.25, -0.2) is 4.39 Å². The fraction of sp³-hybridized carbons (Fsp3) is 0.600. The first-order chi connectivity index (χ1) is 7.83. The van der Waals surface area contributed by atoms with Crippen molar-refractivity contribution in [3.8, 4) is 0 Å². The van der Waals surface area contributed by atoms with Gasteiger partial charge in [0, 0.05) is 17.1 Å². The SMILES string of the molecule is CC(C)=C(C)C(F)C(=O)C(F)(F)C(=O)C(F)(F)F.[Cu]. The van der Waals surface area contributed by atoms with Gasteiger partial charge in [0.2, 0.25) is 5.78 Å². The predicted molar refractivity (Wildman–Crippen MR) is 50.0 cm³/mol. The molecule has 9 heteroatoms. The number of carbonyl (C=O) groups excluding carboxylic acids is 2. The van der Waals surface area contributed by atoms with Crippen LogP contribution in [0.1, 0.15) is 20.8 Å². The molecule has 2 nitrogen and oxygen atoms in total. The largest absolute Gasteiger partial charge is 0.456 e. The summed E-state index contributed by atoms with van der Waals surface area (Å²) in [7, 11) is 0. The first-order valence-corrected chi connectivity index (χ1v) is 4.65. The van der Waals surface area contributed by atoms with Crippen LogP contribution in [0.4, 0.5) is 26.3 Å². The van der Waals surface area contributed by atoms with E-state index in [2.05, 4.69) is 0 Å². The van der Waals surface area contributed by atoms with E-state index in [9.17, 15) is 35.9 Å². The van der Waals surface area contributed by atoms with Gasteiger partial charge in [0.15, 0.2) is 6.17 Å². The van der Waals surface area contributed by atoms with Gasteiger partial charge in [-0.2, -0.15) is 22.0 Å². The fourth-order valence-corrected chi connectivity index (χ4v) is 0.899. The van der Waals surface area contributed by atoms with Crippen LogP contribution in [0.15, 0.2) is 11.1 Å². The summed E-state index contributed by atoms with van der Waals surface area (Å²) in [6.07, 6.45) is -8.85. The molecule has 115 valence electrons. The second-order valence-corrected chi connectivity index (χ2v) is 3.81. The van der Waals surface area contributed by atoms with Gasteiger partial charge in [0.05, 0.1) is 0 Å². The summed E-state index contributed by atoms with van der Waals surface area (Å²) in [5.41, 5.74) is -0.291. The third-order valence-electron chi connectivity index (χ3n) is 2.25. The molecule has 1 atom stereocenters. The van der Waals surface area contributed by atoms with Gasteiger partial charge in [-0.1, -0.05) is 5.57 Å². The second kappa shape index (κ2) is 6.56. The van der Waals surface area contributed by atoms with E-state index in [0.29, 0.717) is 0 Å². The Morgan fingerprint density at radius 2 is 1.32 bits per heavy atom. The van der Waals surface area contributed by atoms with Crippen LogP contribution in [0.2, 0.25) is 0 Å². The van der Waals surface area contributed by atoms with E-state index in [-0.39, 0.29) is 22.6 Å². The molecule has 0 amide bonds. The van der Waals surface area contributed by atoms with Crippen molar-refractivity contribution in [2.45, 2.75) is 39.0 Å². The smallest absolute Gasteiger partial charge is 0.289 e. The Balaban J connectivity index is 0. The average Bonchev–Trinajstić information content (AvgIpc) is 2.23. The zero-order valence-corrected chi connectivity index (χ0v) is 10.9. The summed E-state index contributed by atoms with van der Waals surface area (Å²) >= 11 is 0. The molecule has 0 aliphatic carbocycles. The third kappa shape index (κ3) is 4.65. The Bertz CT molecular complexity index is 395. The molecule has 0 aliphatic rings. The number of rotatable bonds is 4. The zero-order valence-electron chi connectivity index (χ0n) is 9.96. The molecular formula is C10H10CuF6O2.